The Bertz CT molecular complexity index is 807. The summed E-state index contributed by atoms with van der Waals surface area (Å²) in [5, 5.41) is 7.11. The van der Waals surface area contributed by atoms with Crippen molar-refractivity contribution in [2.45, 2.75) is 44.2 Å². The zero-order chi connectivity index (χ0) is 19.2. The number of rotatable bonds is 3. The SMILES string of the molecule is O=C([C@@H]1CCS(=O)(=O)C1)N1CCC([C@@H]2C[C@H](C(F)F)n3ncnc3N2)CC1. The van der Waals surface area contributed by atoms with Crippen molar-refractivity contribution in [3.8, 4) is 0 Å². The molecule has 0 aromatic carbocycles. The highest BCUT2D eigenvalue weighted by atomic mass is 32.2. The second kappa shape index (κ2) is 6.99. The molecule has 3 atom stereocenters. The predicted octanol–water partition coefficient (Wildman–Crippen LogP) is 0.942. The van der Waals surface area contributed by atoms with E-state index in [0.717, 1.165) is 0 Å². The summed E-state index contributed by atoms with van der Waals surface area (Å²) in [5.74, 6) is 0.0418. The molecular formula is C16H23F2N5O3S. The molecule has 3 aliphatic heterocycles. The van der Waals surface area contributed by atoms with Crippen molar-refractivity contribution in [3.63, 3.8) is 0 Å². The van der Waals surface area contributed by atoms with E-state index in [4.69, 9.17) is 0 Å². The Morgan fingerprint density at radius 1 is 1.26 bits per heavy atom. The molecule has 3 aliphatic rings. The maximum absolute atomic E-state index is 13.4. The van der Waals surface area contributed by atoms with Crippen LogP contribution in [0.15, 0.2) is 6.33 Å². The van der Waals surface area contributed by atoms with Crippen LogP contribution in [-0.2, 0) is 14.6 Å². The zero-order valence-corrected chi connectivity index (χ0v) is 15.6. The molecule has 27 heavy (non-hydrogen) atoms. The van der Waals surface area contributed by atoms with Crippen LogP contribution < -0.4 is 5.32 Å². The summed E-state index contributed by atoms with van der Waals surface area (Å²) in [7, 11) is -3.09. The molecule has 0 spiro atoms. The normalized spacial score (nSPS) is 30.9. The number of likely N-dealkylation sites (tertiary alicyclic amines) is 1. The average Bonchev–Trinajstić information content (AvgIpc) is 3.26. The molecule has 4 heterocycles. The lowest BCUT2D eigenvalue weighted by Gasteiger charge is -2.40. The number of nitrogens with zero attached hydrogens (tertiary/aromatic N) is 4. The fourth-order valence-electron chi connectivity index (χ4n) is 4.47. The summed E-state index contributed by atoms with van der Waals surface area (Å²) < 4.78 is 51.3. The van der Waals surface area contributed by atoms with Gasteiger partial charge in [0.25, 0.3) is 6.43 Å². The summed E-state index contributed by atoms with van der Waals surface area (Å²) in [4.78, 5) is 18.3. The van der Waals surface area contributed by atoms with Gasteiger partial charge in [0.1, 0.15) is 12.4 Å². The van der Waals surface area contributed by atoms with Crippen molar-refractivity contribution in [1.29, 1.82) is 0 Å². The van der Waals surface area contributed by atoms with Crippen molar-refractivity contribution in [2.75, 3.05) is 29.9 Å². The van der Waals surface area contributed by atoms with Crippen LogP contribution in [-0.4, -0.2) is 71.1 Å². The number of anilines is 1. The highest BCUT2D eigenvalue weighted by Crippen LogP contribution is 2.35. The van der Waals surface area contributed by atoms with Crippen LogP contribution in [0.3, 0.4) is 0 Å². The van der Waals surface area contributed by atoms with Crippen molar-refractivity contribution >= 4 is 21.7 Å². The molecule has 1 aromatic rings. The van der Waals surface area contributed by atoms with Gasteiger partial charge in [-0.2, -0.15) is 10.1 Å². The third-order valence-electron chi connectivity index (χ3n) is 5.99. The molecule has 0 saturated carbocycles. The molecule has 1 aromatic heterocycles. The van der Waals surface area contributed by atoms with Gasteiger partial charge in [0.05, 0.1) is 17.4 Å². The Hall–Kier alpha value is -1.78. The largest absolute Gasteiger partial charge is 0.351 e. The van der Waals surface area contributed by atoms with E-state index in [9.17, 15) is 22.0 Å². The topological polar surface area (TPSA) is 97.2 Å². The third kappa shape index (κ3) is 3.65. The minimum atomic E-state index is -3.09. The van der Waals surface area contributed by atoms with Gasteiger partial charge in [0.15, 0.2) is 9.84 Å². The van der Waals surface area contributed by atoms with Gasteiger partial charge >= 0.3 is 0 Å². The molecular weight excluding hydrogens is 380 g/mol. The van der Waals surface area contributed by atoms with Gasteiger partial charge in [-0.05, 0) is 31.6 Å². The maximum atomic E-state index is 13.4. The number of carbonyl (C=O) groups excluding carboxylic acids is 1. The average molecular weight is 403 g/mol. The third-order valence-corrected chi connectivity index (χ3v) is 7.76. The zero-order valence-electron chi connectivity index (χ0n) is 14.8. The fourth-order valence-corrected chi connectivity index (χ4v) is 6.20. The molecule has 150 valence electrons. The summed E-state index contributed by atoms with van der Waals surface area (Å²) in [5.41, 5.74) is 0. The minimum Gasteiger partial charge on any atom is -0.351 e. The number of alkyl halides is 2. The number of sulfone groups is 1. The second-order valence-corrected chi connectivity index (χ2v) is 9.91. The lowest BCUT2D eigenvalue weighted by Crippen LogP contribution is -2.47. The number of halogens is 2. The number of piperidine rings is 1. The number of nitrogens with one attached hydrogen (secondary N) is 1. The number of hydrogen-bond acceptors (Lipinski definition) is 6. The molecule has 0 unspecified atom stereocenters. The molecule has 1 N–H and O–H groups in total. The number of carbonyl (C=O) groups is 1. The van der Waals surface area contributed by atoms with Crippen molar-refractivity contribution in [3.05, 3.63) is 6.33 Å². The standard InChI is InChI=1S/C16H23F2N5O3S/c17-14(18)13-7-12(21-16-19-9-20-23(13)16)10-1-4-22(5-2-10)15(24)11-3-6-27(25,26)8-11/h9-14H,1-8H2,(H,19,20,21)/t11-,12+,13-/m1/s1. The fraction of sp³-hybridized carbons (Fsp3) is 0.812. The first kappa shape index (κ1) is 18.6. The monoisotopic (exact) mass is 403 g/mol. The second-order valence-electron chi connectivity index (χ2n) is 7.68. The minimum absolute atomic E-state index is 0.0539. The summed E-state index contributed by atoms with van der Waals surface area (Å²) >= 11 is 0. The summed E-state index contributed by atoms with van der Waals surface area (Å²) in [6, 6.07) is -1.12. The van der Waals surface area contributed by atoms with Gasteiger partial charge in [-0.25, -0.2) is 21.9 Å². The van der Waals surface area contributed by atoms with E-state index in [1.807, 2.05) is 0 Å². The Morgan fingerprint density at radius 3 is 2.63 bits per heavy atom. The quantitative estimate of drug-likeness (QED) is 0.807. The maximum Gasteiger partial charge on any atom is 0.260 e. The highest BCUT2D eigenvalue weighted by Gasteiger charge is 2.40. The number of amides is 1. The number of hydrogen-bond donors (Lipinski definition) is 1. The van der Waals surface area contributed by atoms with Gasteiger partial charge in [-0.3, -0.25) is 4.79 Å². The Balaban J connectivity index is 1.36. The van der Waals surface area contributed by atoms with E-state index in [1.165, 1.54) is 11.0 Å². The van der Waals surface area contributed by atoms with Crippen molar-refractivity contribution < 1.29 is 22.0 Å². The van der Waals surface area contributed by atoms with E-state index in [2.05, 4.69) is 15.4 Å². The Labute approximate surface area is 156 Å². The van der Waals surface area contributed by atoms with E-state index in [0.29, 0.717) is 38.3 Å². The van der Waals surface area contributed by atoms with Crippen molar-refractivity contribution in [1.82, 2.24) is 19.7 Å². The van der Waals surface area contributed by atoms with Gasteiger partial charge in [0.2, 0.25) is 11.9 Å². The molecule has 0 radical (unpaired) electrons. The first-order valence-corrected chi connectivity index (χ1v) is 11.1. The predicted molar refractivity (Wildman–Crippen MR) is 93.2 cm³/mol. The van der Waals surface area contributed by atoms with Gasteiger partial charge < -0.3 is 10.2 Å². The molecule has 11 heteroatoms. The molecule has 8 nitrogen and oxygen atoms in total. The van der Waals surface area contributed by atoms with Gasteiger partial charge in [-0.15, -0.1) is 0 Å². The highest BCUT2D eigenvalue weighted by molar-refractivity contribution is 7.91. The first-order chi connectivity index (χ1) is 12.8. The van der Waals surface area contributed by atoms with Crippen LogP contribution in [0.1, 0.15) is 31.7 Å². The molecule has 1 amide bonds. The first-order valence-electron chi connectivity index (χ1n) is 9.27. The van der Waals surface area contributed by atoms with Gasteiger partial charge in [0, 0.05) is 19.1 Å². The smallest absolute Gasteiger partial charge is 0.260 e. The van der Waals surface area contributed by atoms with Crippen LogP contribution in [0.5, 0.6) is 0 Å². The molecule has 0 aliphatic carbocycles. The number of aromatic nitrogens is 3. The van der Waals surface area contributed by atoms with E-state index < -0.39 is 28.2 Å². The van der Waals surface area contributed by atoms with Crippen LogP contribution in [0.25, 0.3) is 0 Å². The van der Waals surface area contributed by atoms with Crippen LogP contribution in [0.4, 0.5) is 14.7 Å². The summed E-state index contributed by atoms with van der Waals surface area (Å²) in [6.45, 7) is 1.06. The summed E-state index contributed by atoms with van der Waals surface area (Å²) in [6.07, 6.45) is 0.836. The molecule has 4 rings (SSSR count). The van der Waals surface area contributed by atoms with Crippen LogP contribution >= 0.6 is 0 Å². The molecule has 2 saturated heterocycles. The number of fused-ring (bicyclic) bond motifs is 1. The lowest BCUT2D eigenvalue weighted by atomic mass is 9.85. The Kier molecular flexibility index (Phi) is 4.81. The van der Waals surface area contributed by atoms with E-state index >= 15 is 0 Å². The van der Waals surface area contributed by atoms with Crippen molar-refractivity contribution in [2.24, 2.45) is 11.8 Å². The Morgan fingerprint density at radius 2 is 2.00 bits per heavy atom. The molecule has 0 bridgehead atoms. The van der Waals surface area contributed by atoms with Crippen LogP contribution in [0, 0.1) is 11.8 Å². The lowest BCUT2D eigenvalue weighted by molar-refractivity contribution is -0.136. The van der Waals surface area contributed by atoms with E-state index in [1.54, 1.807) is 4.90 Å². The van der Waals surface area contributed by atoms with E-state index in [-0.39, 0.29) is 35.8 Å². The van der Waals surface area contributed by atoms with Gasteiger partial charge in [-0.1, -0.05) is 0 Å². The van der Waals surface area contributed by atoms with Crippen LogP contribution in [0.2, 0.25) is 0 Å². The molecule has 2 fully saturated rings.